The van der Waals surface area contributed by atoms with E-state index < -0.39 is 0 Å². The Bertz CT molecular complexity index is 586. The second-order valence-corrected chi connectivity index (χ2v) is 6.44. The number of hydrogen-bond acceptors (Lipinski definition) is 2. The van der Waals surface area contributed by atoms with E-state index in [1.165, 1.54) is 17.7 Å². The topological polar surface area (TPSA) is 29.1 Å². The van der Waals surface area contributed by atoms with Gasteiger partial charge < -0.3 is 5.32 Å². The maximum Gasteiger partial charge on any atom is 0.232 e. The van der Waals surface area contributed by atoms with Crippen molar-refractivity contribution in [1.82, 2.24) is 5.32 Å². The molecule has 0 aliphatic carbocycles. The molecule has 1 atom stereocenters. The third-order valence-corrected chi connectivity index (χ3v) is 4.55. The highest BCUT2D eigenvalue weighted by atomic mass is 32.2. The molecule has 0 bridgehead atoms. The second-order valence-electron chi connectivity index (χ2n) is 5.11. The van der Waals surface area contributed by atoms with Gasteiger partial charge in [-0.15, -0.1) is 11.8 Å². The molecular weight excluding hydrogens is 297 g/mol. The first-order chi connectivity index (χ1) is 10.6. The number of rotatable bonds is 7. The van der Waals surface area contributed by atoms with Crippen LogP contribution in [0.25, 0.3) is 0 Å². The van der Waals surface area contributed by atoms with Gasteiger partial charge in [0.15, 0.2) is 0 Å². The lowest BCUT2D eigenvalue weighted by Crippen LogP contribution is -2.32. The Kier molecular flexibility index (Phi) is 6.46. The molecule has 2 nitrogen and oxygen atoms in total. The van der Waals surface area contributed by atoms with Gasteiger partial charge in [0.2, 0.25) is 5.91 Å². The molecule has 0 aromatic heterocycles. The van der Waals surface area contributed by atoms with Crippen molar-refractivity contribution in [2.24, 2.45) is 0 Å². The molecule has 2 aromatic carbocycles. The Morgan fingerprint density at radius 2 is 1.77 bits per heavy atom. The van der Waals surface area contributed by atoms with Crippen LogP contribution in [0.1, 0.15) is 18.1 Å². The summed E-state index contributed by atoms with van der Waals surface area (Å²) in [5.41, 5.74) is 2.24. The molecular formula is C18H20FNOS. The summed E-state index contributed by atoms with van der Waals surface area (Å²) in [7, 11) is 0. The van der Waals surface area contributed by atoms with Gasteiger partial charge in [-0.3, -0.25) is 4.79 Å². The Balaban J connectivity index is 1.69. The minimum Gasteiger partial charge on any atom is -0.355 e. The van der Waals surface area contributed by atoms with Gasteiger partial charge >= 0.3 is 0 Å². The van der Waals surface area contributed by atoms with E-state index >= 15 is 0 Å². The van der Waals surface area contributed by atoms with E-state index in [1.807, 2.05) is 25.1 Å². The first kappa shape index (κ1) is 16.6. The first-order valence-corrected chi connectivity index (χ1v) is 8.37. The number of amides is 1. The molecule has 0 saturated heterocycles. The predicted molar refractivity (Wildman–Crippen MR) is 90.3 cm³/mol. The zero-order valence-corrected chi connectivity index (χ0v) is 13.4. The van der Waals surface area contributed by atoms with Crippen LogP contribution < -0.4 is 5.32 Å². The summed E-state index contributed by atoms with van der Waals surface area (Å²) in [5, 5.41) is 2.84. The summed E-state index contributed by atoms with van der Waals surface area (Å²) in [5.74, 6) is 0.634. The molecule has 0 aliphatic rings. The molecule has 0 unspecified atom stereocenters. The Morgan fingerprint density at radius 3 is 2.45 bits per heavy atom. The molecule has 2 rings (SSSR count). The van der Waals surface area contributed by atoms with Gasteiger partial charge in [0, 0.05) is 12.3 Å². The largest absolute Gasteiger partial charge is 0.355 e. The van der Waals surface area contributed by atoms with Crippen molar-refractivity contribution in [2.45, 2.75) is 24.3 Å². The highest BCUT2D eigenvalue weighted by molar-refractivity contribution is 7.99. The number of carbonyl (C=O) groups is 1. The molecule has 0 saturated carbocycles. The molecule has 116 valence electrons. The first-order valence-electron chi connectivity index (χ1n) is 7.33. The Morgan fingerprint density at radius 1 is 1.09 bits per heavy atom. The summed E-state index contributed by atoms with van der Waals surface area (Å²) in [6, 6.07) is 16.5. The molecule has 22 heavy (non-hydrogen) atoms. The molecule has 0 fully saturated rings. The van der Waals surface area contributed by atoms with E-state index in [9.17, 15) is 9.18 Å². The molecule has 4 heteroatoms. The lowest BCUT2D eigenvalue weighted by atomic mass is 10.1. The molecule has 1 amide bonds. The van der Waals surface area contributed by atoms with Gasteiger partial charge in [0.05, 0.1) is 5.25 Å². The summed E-state index contributed by atoms with van der Waals surface area (Å²) < 4.78 is 12.8. The van der Waals surface area contributed by atoms with Gasteiger partial charge in [0.1, 0.15) is 5.82 Å². The quantitative estimate of drug-likeness (QED) is 0.841. The Labute approximate surface area is 135 Å². The zero-order valence-electron chi connectivity index (χ0n) is 12.6. The maximum absolute atomic E-state index is 12.8. The fourth-order valence-corrected chi connectivity index (χ4v) is 2.87. The predicted octanol–water partition coefficient (Wildman–Crippen LogP) is 3.81. The fourth-order valence-electron chi connectivity index (χ4n) is 2.00. The van der Waals surface area contributed by atoms with Crippen LogP contribution in [0.5, 0.6) is 0 Å². The molecule has 1 N–H and O–H groups in total. The van der Waals surface area contributed by atoms with Crippen LogP contribution in [0.2, 0.25) is 0 Å². The average molecular weight is 317 g/mol. The summed E-state index contributed by atoms with van der Waals surface area (Å²) in [4.78, 5) is 12.0. The van der Waals surface area contributed by atoms with Crippen LogP contribution >= 0.6 is 11.8 Å². The smallest absolute Gasteiger partial charge is 0.232 e. The lowest BCUT2D eigenvalue weighted by molar-refractivity contribution is -0.120. The van der Waals surface area contributed by atoms with Crippen LogP contribution in [0, 0.1) is 5.82 Å². The van der Waals surface area contributed by atoms with Crippen LogP contribution in [-0.4, -0.2) is 17.7 Å². The van der Waals surface area contributed by atoms with Crippen molar-refractivity contribution in [3.63, 3.8) is 0 Å². The van der Waals surface area contributed by atoms with Gasteiger partial charge in [-0.2, -0.15) is 0 Å². The normalized spacial score (nSPS) is 11.9. The molecule has 0 radical (unpaired) electrons. The lowest BCUT2D eigenvalue weighted by Gasteiger charge is -2.12. The van der Waals surface area contributed by atoms with E-state index in [1.54, 1.807) is 23.9 Å². The molecule has 0 heterocycles. The highest BCUT2D eigenvalue weighted by Crippen LogP contribution is 2.17. The fraction of sp³-hybridized carbons (Fsp3) is 0.278. The Hall–Kier alpha value is -1.81. The van der Waals surface area contributed by atoms with E-state index in [0.717, 1.165) is 11.3 Å². The van der Waals surface area contributed by atoms with E-state index in [-0.39, 0.29) is 17.0 Å². The third-order valence-electron chi connectivity index (χ3n) is 3.34. The average Bonchev–Trinajstić information content (AvgIpc) is 2.55. The van der Waals surface area contributed by atoms with Crippen molar-refractivity contribution in [3.8, 4) is 0 Å². The number of hydrogen-bond donors (Lipinski definition) is 1. The standard InChI is InChI=1S/C18H20FNOS/c1-14(22-13-16-5-3-2-4-6-16)18(21)20-12-11-15-7-9-17(19)10-8-15/h2-10,14H,11-13H2,1H3,(H,20,21)/t14-/m1/s1. The van der Waals surface area contributed by atoms with Gasteiger partial charge in [-0.05, 0) is 36.6 Å². The van der Waals surface area contributed by atoms with E-state index in [4.69, 9.17) is 0 Å². The van der Waals surface area contributed by atoms with Gasteiger partial charge in [-0.1, -0.05) is 42.5 Å². The zero-order chi connectivity index (χ0) is 15.8. The van der Waals surface area contributed by atoms with Gasteiger partial charge in [0.25, 0.3) is 0 Å². The van der Waals surface area contributed by atoms with Crippen molar-refractivity contribution in [3.05, 3.63) is 71.5 Å². The van der Waals surface area contributed by atoms with Gasteiger partial charge in [-0.25, -0.2) is 4.39 Å². The highest BCUT2D eigenvalue weighted by Gasteiger charge is 2.12. The molecule has 0 aliphatic heterocycles. The van der Waals surface area contributed by atoms with Crippen molar-refractivity contribution >= 4 is 17.7 Å². The minimum absolute atomic E-state index is 0.0445. The summed E-state index contributed by atoms with van der Waals surface area (Å²) in [6.45, 7) is 2.49. The van der Waals surface area contributed by atoms with Crippen molar-refractivity contribution < 1.29 is 9.18 Å². The van der Waals surface area contributed by atoms with Crippen molar-refractivity contribution in [1.29, 1.82) is 0 Å². The summed E-state index contributed by atoms with van der Waals surface area (Å²) >= 11 is 1.62. The molecule has 2 aromatic rings. The number of carbonyl (C=O) groups excluding carboxylic acids is 1. The second kappa shape index (κ2) is 8.59. The van der Waals surface area contributed by atoms with Crippen molar-refractivity contribution in [2.75, 3.05) is 6.54 Å². The summed E-state index contributed by atoms with van der Waals surface area (Å²) in [6.07, 6.45) is 0.710. The number of halogens is 1. The van der Waals surface area contributed by atoms with Crippen LogP contribution in [0.4, 0.5) is 4.39 Å². The van der Waals surface area contributed by atoms with E-state index in [2.05, 4.69) is 17.4 Å². The number of benzene rings is 2. The van der Waals surface area contributed by atoms with Crippen LogP contribution in [-0.2, 0) is 17.0 Å². The maximum atomic E-state index is 12.8. The SMILES string of the molecule is C[C@@H](SCc1ccccc1)C(=O)NCCc1ccc(F)cc1. The molecule has 0 spiro atoms. The minimum atomic E-state index is -0.237. The monoisotopic (exact) mass is 317 g/mol. The third kappa shape index (κ3) is 5.53. The van der Waals surface area contributed by atoms with E-state index in [0.29, 0.717) is 13.0 Å². The number of thioether (sulfide) groups is 1. The number of nitrogens with one attached hydrogen (secondary N) is 1. The van der Waals surface area contributed by atoms with Crippen LogP contribution in [0.3, 0.4) is 0 Å². The van der Waals surface area contributed by atoms with Crippen LogP contribution in [0.15, 0.2) is 54.6 Å².